The number of nitrogens with zero attached hydrogens (tertiary/aromatic N) is 1. The molecule has 7 heteroatoms. The van der Waals surface area contributed by atoms with Gasteiger partial charge in [0.05, 0.1) is 54.7 Å². The van der Waals surface area contributed by atoms with Crippen molar-refractivity contribution in [2.24, 2.45) is 0 Å². The highest BCUT2D eigenvalue weighted by atomic mass is 16.5. The number of quaternary nitrogens is 1. The predicted octanol–water partition coefficient (Wildman–Crippen LogP) is 0.469. The van der Waals surface area contributed by atoms with Crippen LogP contribution in [0.2, 0.25) is 0 Å². The SMILES string of the molecule is COC(=O)/C=C(/C[N+](C)(C)C/C(=C/C(=O)OC)OC)OC. The van der Waals surface area contributed by atoms with Gasteiger partial charge in [-0.15, -0.1) is 0 Å². The molecule has 0 rings (SSSR count). The van der Waals surface area contributed by atoms with E-state index in [1.807, 2.05) is 14.1 Å². The van der Waals surface area contributed by atoms with Crippen LogP contribution in [0.25, 0.3) is 0 Å². The molecular formula is C14H24NO6+. The minimum atomic E-state index is -0.482. The summed E-state index contributed by atoms with van der Waals surface area (Å²) in [6.07, 6.45) is 2.58. The molecule has 0 aromatic heterocycles. The Hall–Kier alpha value is -2.02. The number of likely N-dealkylation sites (N-methyl/N-ethyl adjacent to an activating group) is 1. The number of rotatable bonds is 8. The fraction of sp³-hybridized carbons (Fsp3) is 0.571. The zero-order valence-electron chi connectivity index (χ0n) is 13.5. The van der Waals surface area contributed by atoms with E-state index in [4.69, 9.17) is 9.47 Å². The number of hydrogen-bond acceptors (Lipinski definition) is 6. The highest BCUT2D eigenvalue weighted by Gasteiger charge is 2.22. The molecule has 21 heavy (non-hydrogen) atoms. The van der Waals surface area contributed by atoms with Gasteiger partial charge < -0.3 is 23.4 Å². The Labute approximate surface area is 125 Å². The molecule has 0 heterocycles. The number of carbonyl (C=O) groups excluding carboxylic acids is 2. The first-order chi connectivity index (χ1) is 9.77. The molecule has 0 aromatic rings. The molecule has 0 saturated heterocycles. The summed E-state index contributed by atoms with van der Waals surface area (Å²) in [7, 11) is 9.39. The van der Waals surface area contributed by atoms with Crippen LogP contribution in [0.1, 0.15) is 0 Å². The lowest BCUT2D eigenvalue weighted by Crippen LogP contribution is -2.43. The van der Waals surface area contributed by atoms with Gasteiger partial charge in [-0.1, -0.05) is 0 Å². The van der Waals surface area contributed by atoms with Crippen molar-refractivity contribution < 1.29 is 33.0 Å². The first-order valence-corrected chi connectivity index (χ1v) is 6.25. The van der Waals surface area contributed by atoms with E-state index in [2.05, 4.69) is 9.47 Å². The lowest BCUT2D eigenvalue weighted by molar-refractivity contribution is -0.883. The van der Waals surface area contributed by atoms with Crippen molar-refractivity contribution >= 4 is 11.9 Å². The van der Waals surface area contributed by atoms with Gasteiger partial charge in [0.1, 0.15) is 13.1 Å². The van der Waals surface area contributed by atoms with Crippen LogP contribution in [0.15, 0.2) is 23.7 Å². The Bertz CT molecular complexity index is 387. The molecule has 7 nitrogen and oxygen atoms in total. The molecule has 0 N–H and O–H groups in total. The normalized spacial score (nSPS) is 12.7. The zero-order valence-corrected chi connectivity index (χ0v) is 13.5. The second-order valence-corrected chi connectivity index (χ2v) is 4.93. The van der Waals surface area contributed by atoms with Gasteiger partial charge in [0.25, 0.3) is 0 Å². The average molecular weight is 302 g/mol. The van der Waals surface area contributed by atoms with Crippen molar-refractivity contribution in [3.63, 3.8) is 0 Å². The summed E-state index contributed by atoms with van der Waals surface area (Å²) in [5.74, 6) is -0.0198. The van der Waals surface area contributed by atoms with Gasteiger partial charge in [-0.05, 0) is 0 Å². The van der Waals surface area contributed by atoms with Gasteiger partial charge in [0, 0.05) is 0 Å². The molecule has 0 atom stereocenters. The Morgan fingerprint density at radius 3 is 1.33 bits per heavy atom. The number of methoxy groups -OCH3 is 4. The molecule has 0 unspecified atom stereocenters. The first kappa shape index (κ1) is 19.0. The summed E-state index contributed by atoms with van der Waals surface area (Å²) in [6, 6.07) is 0. The highest BCUT2D eigenvalue weighted by Crippen LogP contribution is 2.11. The van der Waals surface area contributed by atoms with Crippen molar-refractivity contribution in [3.8, 4) is 0 Å². The summed E-state index contributed by atoms with van der Waals surface area (Å²) in [5, 5.41) is 0. The van der Waals surface area contributed by atoms with Crippen LogP contribution >= 0.6 is 0 Å². The van der Waals surface area contributed by atoms with Crippen LogP contribution in [0, 0.1) is 0 Å². The third kappa shape index (κ3) is 7.98. The fourth-order valence-corrected chi connectivity index (χ4v) is 1.62. The lowest BCUT2D eigenvalue weighted by atomic mass is 10.3. The summed E-state index contributed by atoms with van der Waals surface area (Å²) in [4.78, 5) is 22.5. The van der Waals surface area contributed by atoms with Crippen LogP contribution in [0.3, 0.4) is 0 Å². The maximum absolute atomic E-state index is 11.2. The summed E-state index contributed by atoms with van der Waals surface area (Å²) < 4.78 is 19.9. The van der Waals surface area contributed by atoms with Crippen LogP contribution < -0.4 is 0 Å². The van der Waals surface area contributed by atoms with E-state index >= 15 is 0 Å². The summed E-state index contributed by atoms with van der Waals surface area (Å²) in [6.45, 7) is 0.848. The minimum Gasteiger partial charge on any atom is -0.495 e. The van der Waals surface area contributed by atoms with E-state index in [0.29, 0.717) is 29.1 Å². The van der Waals surface area contributed by atoms with E-state index in [1.54, 1.807) is 0 Å². The third-order valence-corrected chi connectivity index (χ3v) is 2.65. The monoisotopic (exact) mass is 302 g/mol. The Morgan fingerprint density at radius 2 is 1.10 bits per heavy atom. The molecular weight excluding hydrogens is 278 g/mol. The van der Waals surface area contributed by atoms with E-state index < -0.39 is 11.9 Å². The molecule has 0 bridgehead atoms. The standard InChI is InChI=1S/C14H24NO6/c1-15(2,9-11(18-3)7-13(16)20-5)10-12(19-4)8-14(17)21-6/h7-8H,9-10H2,1-6H3/q+1/b11-7-,12-8-. The van der Waals surface area contributed by atoms with Crippen LogP contribution in [-0.4, -0.2) is 72.0 Å². The van der Waals surface area contributed by atoms with Gasteiger partial charge >= 0.3 is 11.9 Å². The van der Waals surface area contributed by atoms with Crippen LogP contribution in [0.5, 0.6) is 0 Å². The summed E-state index contributed by atoms with van der Waals surface area (Å²) >= 11 is 0. The van der Waals surface area contributed by atoms with E-state index in [0.717, 1.165) is 0 Å². The first-order valence-electron chi connectivity index (χ1n) is 6.25. The second-order valence-electron chi connectivity index (χ2n) is 4.93. The molecule has 120 valence electrons. The number of carbonyl (C=O) groups is 2. The van der Waals surface area contributed by atoms with Crippen molar-refractivity contribution in [1.29, 1.82) is 0 Å². The Balaban J connectivity index is 4.95. The predicted molar refractivity (Wildman–Crippen MR) is 76.1 cm³/mol. The maximum Gasteiger partial charge on any atom is 0.334 e. The van der Waals surface area contributed by atoms with Gasteiger partial charge in [-0.2, -0.15) is 0 Å². The molecule has 0 radical (unpaired) electrons. The van der Waals surface area contributed by atoms with E-state index in [9.17, 15) is 9.59 Å². The zero-order chi connectivity index (χ0) is 16.5. The Kier molecular flexibility index (Phi) is 8.15. The van der Waals surface area contributed by atoms with Crippen LogP contribution in [0.4, 0.5) is 0 Å². The largest absolute Gasteiger partial charge is 0.495 e. The van der Waals surface area contributed by atoms with Gasteiger partial charge in [-0.25, -0.2) is 9.59 Å². The molecule has 0 aliphatic carbocycles. The number of ether oxygens (including phenoxy) is 4. The molecule has 0 aromatic carbocycles. The molecule has 0 aliphatic rings. The number of hydrogen-bond donors (Lipinski definition) is 0. The molecule has 0 amide bonds. The van der Waals surface area contributed by atoms with Crippen molar-refractivity contribution in [1.82, 2.24) is 0 Å². The van der Waals surface area contributed by atoms with Crippen LogP contribution in [-0.2, 0) is 28.5 Å². The minimum absolute atomic E-state index is 0.410. The van der Waals surface area contributed by atoms with Gasteiger partial charge in [-0.3, -0.25) is 0 Å². The smallest absolute Gasteiger partial charge is 0.334 e. The topological polar surface area (TPSA) is 71.1 Å². The third-order valence-electron chi connectivity index (χ3n) is 2.65. The lowest BCUT2D eigenvalue weighted by Gasteiger charge is -2.30. The maximum atomic E-state index is 11.2. The average Bonchev–Trinajstić information content (AvgIpc) is 2.44. The van der Waals surface area contributed by atoms with Crippen molar-refractivity contribution in [2.75, 3.05) is 55.6 Å². The number of esters is 2. The quantitative estimate of drug-likeness (QED) is 0.281. The molecule has 0 aliphatic heterocycles. The van der Waals surface area contributed by atoms with Gasteiger partial charge in [0.2, 0.25) is 0 Å². The fourth-order valence-electron chi connectivity index (χ4n) is 1.62. The Morgan fingerprint density at radius 1 is 0.762 bits per heavy atom. The second kappa shape index (κ2) is 9.02. The highest BCUT2D eigenvalue weighted by molar-refractivity contribution is 5.82. The van der Waals surface area contributed by atoms with Crippen molar-refractivity contribution in [3.05, 3.63) is 23.7 Å². The van der Waals surface area contributed by atoms with Crippen molar-refractivity contribution in [2.45, 2.75) is 0 Å². The van der Waals surface area contributed by atoms with Gasteiger partial charge in [0.15, 0.2) is 11.5 Å². The molecule has 0 spiro atoms. The summed E-state index contributed by atoms with van der Waals surface area (Å²) in [5.41, 5.74) is 0. The van der Waals surface area contributed by atoms with E-state index in [1.165, 1.54) is 40.6 Å². The molecule has 0 fully saturated rings. The van der Waals surface area contributed by atoms with E-state index in [-0.39, 0.29) is 0 Å². The molecule has 0 saturated carbocycles.